The van der Waals surface area contributed by atoms with Gasteiger partial charge < -0.3 is 10.8 Å². The molecule has 0 fully saturated rings. The maximum Gasteiger partial charge on any atom is 0.311 e. The molecule has 1 atom stereocenters. The standard InChI is InChI=1S/C16H17NO2S/c1-11-14(17)8-5-9-15(11)20-10-13(16(18)19)12-6-3-2-4-7-12/h2-9,13H,10,17H2,1H3,(H,18,19). The Hall–Kier alpha value is -1.94. The van der Waals surface area contributed by atoms with Crippen molar-refractivity contribution in [2.45, 2.75) is 17.7 Å². The normalized spacial score (nSPS) is 12.1. The average Bonchev–Trinajstić information content (AvgIpc) is 2.44. The minimum Gasteiger partial charge on any atom is -0.481 e. The van der Waals surface area contributed by atoms with Gasteiger partial charge in [0.15, 0.2) is 0 Å². The van der Waals surface area contributed by atoms with Crippen molar-refractivity contribution in [2.75, 3.05) is 11.5 Å². The van der Waals surface area contributed by atoms with Gasteiger partial charge in [-0.2, -0.15) is 0 Å². The van der Waals surface area contributed by atoms with Gasteiger partial charge in [-0.25, -0.2) is 0 Å². The summed E-state index contributed by atoms with van der Waals surface area (Å²) in [7, 11) is 0. The van der Waals surface area contributed by atoms with E-state index in [1.165, 1.54) is 11.8 Å². The molecule has 20 heavy (non-hydrogen) atoms. The summed E-state index contributed by atoms with van der Waals surface area (Å²) >= 11 is 1.53. The predicted octanol–water partition coefficient (Wildman–Crippen LogP) is 3.54. The van der Waals surface area contributed by atoms with Crippen LogP contribution in [0.15, 0.2) is 53.4 Å². The highest BCUT2D eigenvalue weighted by molar-refractivity contribution is 7.99. The zero-order valence-electron chi connectivity index (χ0n) is 11.2. The second-order valence-electron chi connectivity index (χ2n) is 4.58. The van der Waals surface area contributed by atoms with Crippen LogP contribution < -0.4 is 5.73 Å². The number of carbonyl (C=O) groups is 1. The maximum absolute atomic E-state index is 11.4. The number of nitrogens with two attached hydrogens (primary N) is 1. The van der Waals surface area contributed by atoms with Crippen molar-refractivity contribution in [3.05, 3.63) is 59.7 Å². The van der Waals surface area contributed by atoms with E-state index in [0.29, 0.717) is 5.75 Å². The number of carboxylic acid groups (broad SMARTS) is 1. The molecular formula is C16H17NO2S. The van der Waals surface area contributed by atoms with Crippen LogP contribution in [0.1, 0.15) is 17.0 Å². The van der Waals surface area contributed by atoms with E-state index in [-0.39, 0.29) is 0 Å². The molecule has 0 aliphatic carbocycles. The molecular weight excluding hydrogens is 270 g/mol. The fraction of sp³-hybridized carbons (Fsp3) is 0.188. The van der Waals surface area contributed by atoms with Gasteiger partial charge in [0.2, 0.25) is 0 Å². The second-order valence-corrected chi connectivity index (χ2v) is 5.64. The zero-order chi connectivity index (χ0) is 14.5. The zero-order valence-corrected chi connectivity index (χ0v) is 12.1. The number of carboxylic acids is 1. The van der Waals surface area contributed by atoms with Crippen molar-refractivity contribution < 1.29 is 9.90 Å². The van der Waals surface area contributed by atoms with Crippen molar-refractivity contribution in [2.24, 2.45) is 0 Å². The number of thioether (sulfide) groups is 1. The SMILES string of the molecule is Cc1c(N)cccc1SCC(C(=O)O)c1ccccc1. The van der Waals surface area contributed by atoms with E-state index < -0.39 is 11.9 Å². The molecule has 3 nitrogen and oxygen atoms in total. The molecule has 0 saturated carbocycles. The molecule has 0 aliphatic heterocycles. The van der Waals surface area contributed by atoms with Gasteiger partial charge in [0.05, 0.1) is 5.92 Å². The highest BCUT2D eigenvalue weighted by Gasteiger charge is 2.20. The van der Waals surface area contributed by atoms with E-state index in [9.17, 15) is 9.90 Å². The highest BCUT2D eigenvalue weighted by atomic mass is 32.2. The largest absolute Gasteiger partial charge is 0.481 e. The lowest BCUT2D eigenvalue weighted by molar-refractivity contribution is -0.138. The van der Waals surface area contributed by atoms with E-state index in [4.69, 9.17) is 5.73 Å². The van der Waals surface area contributed by atoms with Crippen LogP contribution in [0.25, 0.3) is 0 Å². The molecule has 0 radical (unpaired) electrons. The number of rotatable bonds is 5. The van der Waals surface area contributed by atoms with E-state index in [0.717, 1.165) is 21.7 Å². The molecule has 0 bridgehead atoms. The lowest BCUT2D eigenvalue weighted by Gasteiger charge is -2.14. The molecule has 0 spiro atoms. The Labute approximate surface area is 122 Å². The lowest BCUT2D eigenvalue weighted by atomic mass is 10.0. The fourth-order valence-corrected chi connectivity index (χ4v) is 3.15. The Balaban J connectivity index is 2.14. The number of anilines is 1. The molecule has 1 unspecified atom stereocenters. The molecule has 0 amide bonds. The second kappa shape index (κ2) is 6.48. The van der Waals surface area contributed by atoms with Crippen molar-refractivity contribution >= 4 is 23.4 Å². The molecule has 2 aromatic carbocycles. The van der Waals surface area contributed by atoms with E-state index >= 15 is 0 Å². The first-order valence-corrected chi connectivity index (χ1v) is 7.34. The van der Waals surface area contributed by atoms with E-state index in [1.807, 2.05) is 55.5 Å². The first-order valence-electron chi connectivity index (χ1n) is 6.35. The summed E-state index contributed by atoms with van der Waals surface area (Å²) in [5.74, 6) is -0.823. The third-order valence-electron chi connectivity index (χ3n) is 3.23. The Morgan fingerprint density at radius 2 is 1.90 bits per heavy atom. The number of aliphatic carboxylic acids is 1. The summed E-state index contributed by atoms with van der Waals surface area (Å²) in [6.45, 7) is 1.95. The third-order valence-corrected chi connectivity index (χ3v) is 4.48. The van der Waals surface area contributed by atoms with Crippen LogP contribution in [0.4, 0.5) is 5.69 Å². The number of hydrogen-bond acceptors (Lipinski definition) is 3. The smallest absolute Gasteiger partial charge is 0.311 e. The third kappa shape index (κ3) is 3.33. The van der Waals surface area contributed by atoms with Crippen LogP contribution in [0.3, 0.4) is 0 Å². The number of nitrogen functional groups attached to an aromatic ring is 1. The average molecular weight is 287 g/mol. The van der Waals surface area contributed by atoms with Gasteiger partial charge in [0.25, 0.3) is 0 Å². The summed E-state index contributed by atoms with van der Waals surface area (Å²) in [6, 6.07) is 15.0. The van der Waals surface area contributed by atoms with Crippen LogP contribution in [0.5, 0.6) is 0 Å². The minimum atomic E-state index is -0.801. The molecule has 4 heteroatoms. The minimum absolute atomic E-state index is 0.490. The summed E-state index contributed by atoms with van der Waals surface area (Å²) in [4.78, 5) is 12.5. The summed E-state index contributed by atoms with van der Waals surface area (Å²) in [5, 5.41) is 9.39. The van der Waals surface area contributed by atoms with Gasteiger partial charge in [0.1, 0.15) is 0 Å². The molecule has 2 aromatic rings. The van der Waals surface area contributed by atoms with Crippen LogP contribution in [0, 0.1) is 6.92 Å². The number of hydrogen-bond donors (Lipinski definition) is 2. The van der Waals surface area contributed by atoms with Crippen LogP contribution in [0.2, 0.25) is 0 Å². The van der Waals surface area contributed by atoms with Gasteiger partial charge in [0, 0.05) is 16.3 Å². The van der Waals surface area contributed by atoms with Crippen molar-refractivity contribution in [3.8, 4) is 0 Å². The van der Waals surface area contributed by atoms with Crippen LogP contribution >= 0.6 is 11.8 Å². The highest BCUT2D eigenvalue weighted by Crippen LogP contribution is 2.30. The Morgan fingerprint density at radius 1 is 1.20 bits per heavy atom. The summed E-state index contributed by atoms with van der Waals surface area (Å²) in [5.41, 5.74) is 8.44. The molecule has 0 saturated heterocycles. The maximum atomic E-state index is 11.4. The predicted molar refractivity (Wildman–Crippen MR) is 83.1 cm³/mol. The molecule has 0 heterocycles. The van der Waals surface area contributed by atoms with E-state index in [2.05, 4.69) is 0 Å². The van der Waals surface area contributed by atoms with Crippen molar-refractivity contribution in [1.29, 1.82) is 0 Å². The molecule has 2 rings (SSSR count). The summed E-state index contributed by atoms with van der Waals surface area (Å²) < 4.78 is 0. The molecule has 0 aliphatic rings. The quantitative estimate of drug-likeness (QED) is 0.652. The Bertz CT molecular complexity index is 599. The van der Waals surface area contributed by atoms with Crippen LogP contribution in [-0.2, 0) is 4.79 Å². The Kier molecular flexibility index (Phi) is 4.69. The lowest BCUT2D eigenvalue weighted by Crippen LogP contribution is -2.14. The fourth-order valence-electron chi connectivity index (χ4n) is 1.96. The van der Waals surface area contributed by atoms with Crippen molar-refractivity contribution in [3.63, 3.8) is 0 Å². The summed E-state index contributed by atoms with van der Waals surface area (Å²) in [6.07, 6.45) is 0. The molecule has 0 aromatic heterocycles. The van der Waals surface area contributed by atoms with Crippen LogP contribution in [-0.4, -0.2) is 16.8 Å². The first-order chi connectivity index (χ1) is 9.59. The number of benzene rings is 2. The van der Waals surface area contributed by atoms with Gasteiger partial charge in [-0.1, -0.05) is 36.4 Å². The van der Waals surface area contributed by atoms with Gasteiger partial charge >= 0.3 is 5.97 Å². The molecule has 3 N–H and O–H groups in total. The Morgan fingerprint density at radius 3 is 2.55 bits per heavy atom. The van der Waals surface area contributed by atoms with Crippen molar-refractivity contribution in [1.82, 2.24) is 0 Å². The first kappa shape index (κ1) is 14.5. The van der Waals surface area contributed by atoms with Gasteiger partial charge in [-0.05, 0) is 30.2 Å². The topological polar surface area (TPSA) is 63.3 Å². The van der Waals surface area contributed by atoms with Gasteiger partial charge in [-0.3, -0.25) is 4.79 Å². The van der Waals surface area contributed by atoms with E-state index in [1.54, 1.807) is 0 Å². The van der Waals surface area contributed by atoms with Gasteiger partial charge in [-0.15, -0.1) is 11.8 Å². The monoisotopic (exact) mass is 287 g/mol. The molecule has 104 valence electrons.